The van der Waals surface area contributed by atoms with Crippen LogP contribution in [0.4, 0.5) is 0 Å². The van der Waals surface area contributed by atoms with E-state index in [4.69, 9.17) is 4.52 Å². The Balaban J connectivity index is 1.33. The van der Waals surface area contributed by atoms with Crippen LogP contribution in [0, 0.1) is 12.8 Å². The minimum atomic E-state index is 0.156. The molecule has 2 aliphatic rings. The Morgan fingerprint density at radius 2 is 1.92 bits per heavy atom. The number of aromatic nitrogens is 2. The van der Waals surface area contributed by atoms with E-state index in [0.29, 0.717) is 17.8 Å². The van der Waals surface area contributed by atoms with Gasteiger partial charge in [0.2, 0.25) is 5.89 Å². The number of aliphatic hydroxyl groups excluding tert-OH is 1. The lowest BCUT2D eigenvalue weighted by atomic mass is 9.97. The van der Waals surface area contributed by atoms with E-state index in [2.05, 4.69) is 50.3 Å². The fourth-order valence-electron chi connectivity index (χ4n) is 4.42. The molecule has 2 unspecified atom stereocenters. The zero-order valence-corrected chi connectivity index (χ0v) is 15.4. The topological polar surface area (TPSA) is 65.6 Å². The highest BCUT2D eigenvalue weighted by Crippen LogP contribution is 2.34. The van der Waals surface area contributed by atoms with Crippen molar-refractivity contribution in [2.24, 2.45) is 5.92 Å². The second-order valence-corrected chi connectivity index (χ2v) is 7.68. The van der Waals surface area contributed by atoms with Gasteiger partial charge in [0.15, 0.2) is 5.82 Å². The summed E-state index contributed by atoms with van der Waals surface area (Å²) in [6, 6.07) is 11.3. The minimum absolute atomic E-state index is 0.156. The lowest BCUT2D eigenvalue weighted by molar-refractivity contribution is 0.115. The number of aliphatic hydroxyl groups is 1. The van der Waals surface area contributed by atoms with Crippen molar-refractivity contribution in [3.63, 3.8) is 0 Å². The van der Waals surface area contributed by atoms with Crippen LogP contribution in [-0.4, -0.2) is 63.9 Å². The van der Waals surface area contributed by atoms with Gasteiger partial charge in [0, 0.05) is 38.2 Å². The van der Waals surface area contributed by atoms with Gasteiger partial charge in [-0.05, 0) is 38.4 Å². The number of aryl methyl sites for hydroxylation is 1. The Morgan fingerprint density at radius 1 is 1.15 bits per heavy atom. The van der Waals surface area contributed by atoms with E-state index in [1.165, 1.54) is 18.4 Å². The zero-order chi connectivity index (χ0) is 17.9. The second kappa shape index (κ2) is 7.86. The Hall–Kier alpha value is -1.76. The molecule has 4 rings (SSSR count). The van der Waals surface area contributed by atoms with Crippen molar-refractivity contribution in [1.82, 2.24) is 19.9 Å². The fourth-order valence-corrected chi connectivity index (χ4v) is 4.42. The molecule has 6 nitrogen and oxygen atoms in total. The number of rotatable bonds is 5. The van der Waals surface area contributed by atoms with Crippen molar-refractivity contribution >= 4 is 0 Å². The molecular weight excluding hydrogens is 328 g/mol. The van der Waals surface area contributed by atoms with Crippen molar-refractivity contribution < 1.29 is 9.63 Å². The molecule has 0 aliphatic carbocycles. The molecule has 2 atom stereocenters. The lowest BCUT2D eigenvalue weighted by Gasteiger charge is -2.36. The van der Waals surface area contributed by atoms with Gasteiger partial charge in [-0.2, -0.15) is 4.98 Å². The molecule has 2 aromatic rings. The molecule has 1 aromatic heterocycles. The largest absolute Gasteiger partial charge is 0.396 e. The van der Waals surface area contributed by atoms with Crippen molar-refractivity contribution in [3.05, 3.63) is 47.6 Å². The van der Waals surface area contributed by atoms with Gasteiger partial charge in [0.25, 0.3) is 0 Å². The first-order chi connectivity index (χ1) is 12.7. The van der Waals surface area contributed by atoms with Crippen molar-refractivity contribution in [2.45, 2.75) is 38.3 Å². The summed E-state index contributed by atoms with van der Waals surface area (Å²) in [7, 11) is 0. The van der Waals surface area contributed by atoms with Crippen LogP contribution < -0.4 is 0 Å². The molecule has 0 saturated carbocycles. The Morgan fingerprint density at radius 3 is 2.58 bits per heavy atom. The summed E-state index contributed by atoms with van der Waals surface area (Å²) in [4.78, 5) is 9.48. The van der Waals surface area contributed by atoms with Gasteiger partial charge in [-0.15, -0.1) is 0 Å². The van der Waals surface area contributed by atoms with Crippen molar-refractivity contribution in [1.29, 1.82) is 0 Å². The molecule has 6 heteroatoms. The highest BCUT2D eigenvalue weighted by Gasteiger charge is 2.40. The van der Waals surface area contributed by atoms with Crippen LogP contribution in [0.2, 0.25) is 0 Å². The second-order valence-electron chi connectivity index (χ2n) is 7.68. The Kier molecular flexibility index (Phi) is 5.33. The molecule has 0 spiro atoms. The predicted molar refractivity (Wildman–Crippen MR) is 98.7 cm³/mol. The Bertz CT molecular complexity index is 697. The molecule has 26 heavy (non-hydrogen) atoms. The van der Waals surface area contributed by atoms with E-state index < -0.39 is 0 Å². The SMILES string of the molecule is Cc1noc(C2CN(C3CCN(Cc4ccccc4)CC3)CC2CO)n1. The normalized spacial score (nSPS) is 25.8. The fraction of sp³-hybridized carbons (Fsp3) is 0.600. The monoisotopic (exact) mass is 356 g/mol. The quantitative estimate of drug-likeness (QED) is 0.885. The summed E-state index contributed by atoms with van der Waals surface area (Å²) in [6.07, 6.45) is 2.36. The maximum absolute atomic E-state index is 9.80. The number of hydrogen-bond acceptors (Lipinski definition) is 6. The van der Waals surface area contributed by atoms with Crippen molar-refractivity contribution in [3.8, 4) is 0 Å². The van der Waals surface area contributed by atoms with E-state index >= 15 is 0 Å². The van der Waals surface area contributed by atoms with Gasteiger partial charge in [0.1, 0.15) is 0 Å². The summed E-state index contributed by atoms with van der Waals surface area (Å²) in [6.45, 7) is 7.15. The van der Waals surface area contributed by atoms with E-state index in [1.807, 2.05) is 6.92 Å². The molecule has 2 saturated heterocycles. The number of nitrogens with zero attached hydrogens (tertiary/aromatic N) is 4. The molecule has 2 fully saturated rings. The first kappa shape index (κ1) is 17.6. The third kappa shape index (κ3) is 3.82. The van der Waals surface area contributed by atoms with E-state index in [-0.39, 0.29) is 18.4 Å². The van der Waals surface area contributed by atoms with Crippen LogP contribution in [0.5, 0.6) is 0 Å². The summed E-state index contributed by atoms with van der Waals surface area (Å²) >= 11 is 0. The van der Waals surface area contributed by atoms with Crippen LogP contribution in [0.15, 0.2) is 34.9 Å². The molecule has 0 amide bonds. The third-order valence-corrected chi connectivity index (χ3v) is 5.89. The molecule has 1 aromatic carbocycles. The van der Waals surface area contributed by atoms with Crippen LogP contribution >= 0.6 is 0 Å². The van der Waals surface area contributed by atoms with Gasteiger partial charge < -0.3 is 9.63 Å². The van der Waals surface area contributed by atoms with Gasteiger partial charge in [-0.1, -0.05) is 35.5 Å². The Labute approximate surface area is 154 Å². The molecular formula is C20H28N4O2. The third-order valence-electron chi connectivity index (χ3n) is 5.89. The standard InChI is InChI=1S/C20H28N4O2/c1-15-21-20(26-22-15)19-13-24(12-17(19)14-25)18-7-9-23(10-8-18)11-16-5-3-2-4-6-16/h2-6,17-19,25H,7-14H2,1H3. The number of piperidine rings is 1. The van der Waals surface area contributed by atoms with Crippen LogP contribution in [0.25, 0.3) is 0 Å². The molecule has 0 bridgehead atoms. The number of likely N-dealkylation sites (tertiary alicyclic amines) is 2. The van der Waals surface area contributed by atoms with Gasteiger partial charge in [-0.3, -0.25) is 9.80 Å². The van der Waals surface area contributed by atoms with Crippen molar-refractivity contribution in [2.75, 3.05) is 32.8 Å². The summed E-state index contributed by atoms with van der Waals surface area (Å²) in [5.41, 5.74) is 1.39. The zero-order valence-electron chi connectivity index (χ0n) is 15.4. The number of hydrogen-bond donors (Lipinski definition) is 1. The average Bonchev–Trinajstić information content (AvgIpc) is 3.29. The first-order valence-electron chi connectivity index (χ1n) is 9.64. The van der Waals surface area contributed by atoms with Gasteiger partial charge >= 0.3 is 0 Å². The predicted octanol–water partition coefficient (Wildman–Crippen LogP) is 2.05. The first-order valence-corrected chi connectivity index (χ1v) is 9.64. The summed E-state index contributed by atoms with van der Waals surface area (Å²) in [5.74, 6) is 1.70. The van der Waals surface area contributed by atoms with Gasteiger partial charge in [-0.25, -0.2) is 0 Å². The number of benzene rings is 1. The molecule has 0 radical (unpaired) electrons. The van der Waals surface area contributed by atoms with Crippen LogP contribution in [0.3, 0.4) is 0 Å². The van der Waals surface area contributed by atoms with Gasteiger partial charge in [0.05, 0.1) is 5.92 Å². The highest BCUT2D eigenvalue weighted by atomic mass is 16.5. The van der Waals surface area contributed by atoms with E-state index in [1.54, 1.807) is 0 Å². The van der Waals surface area contributed by atoms with E-state index in [0.717, 1.165) is 32.7 Å². The minimum Gasteiger partial charge on any atom is -0.396 e. The van der Waals surface area contributed by atoms with E-state index in [9.17, 15) is 5.11 Å². The molecule has 1 N–H and O–H groups in total. The summed E-state index contributed by atoms with van der Waals surface area (Å²) < 4.78 is 5.39. The highest BCUT2D eigenvalue weighted by molar-refractivity contribution is 5.14. The summed E-state index contributed by atoms with van der Waals surface area (Å²) in [5, 5.41) is 13.7. The average molecular weight is 356 g/mol. The lowest BCUT2D eigenvalue weighted by Crippen LogP contribution is -2.44. The maximum atomic E-state index is 9.80. The molecule has 3 heterocycles. The molecule has 2 aliphatic heterocycles. The smallest absolute Gasteiger partial charge is 0.231 e. The van der Waals surface area contributed by atoms with Crippen LogP contribution in [-0.2, 0) is 6.54 Å². The maximum Gasteiger partial charge on any atom is 0.231 e. The molecule has 140 valence electrons. The van der Waals surface area contributed by atoms with Crippen LogP contribution in [0.1, 0.15) is 36.0 Å².